The summed E-state index contributed by atoms with van der Waals surface area (Å²) in [5, 5.41) is 15.1. The molecule has 7 nitrogen and oxygen atoms in total. The molecule has 0 bridgehead atoms. The highest BCUT2D eigenvalue weighted by atomic mass is 35.5. The van der Waals surface area contributed by atoms with Crippen molar-refractivity contribution in [3.05, 3.63) is 70.0 Å². The number of thioether (sulfide) groups is 1. The Hall–Kier alpha value is -2.84. The van der Waals surface area contributed by atoms with Gasteiger partial charge in [0.05, 0.1) is 12.3 Å². The van der Waals surface area contributed by atoms with E-state index in [1.807, 2.05) is 38.1 Å². The van der Waals surface area contributed by atoms with Gasteiger partial charge in [-0.05, 0) is 43.2 Å². The van der Waals surface area contributed by atoms with Gasteiger partial charge in [-0.2, -0.15) is 0 Å². The zero-order valence-electron chi connectivity index (χ0n) is 16.9. The summed E-state index contributed by atoms with van der Waals surface area (Å²) in [4.78, 5) is 24.6. The number of carbonyl (C=O) groups is 2. The second-order valence-corrected chi connectivity index (χ2v) is 8.11. The first-order valence-electron chi connectivity index (χ1n) is 9.26. The highest BCUT2D eigenvalue weighted by Crippen LogP contribution is 2.21. The predicted octanol–water partition coefficient (Wildman–Crippen LogP) is 3.75. The maximum Gasteiger partial charge on any atom is 0.251 e. The molecule has 0 spiro atoms. The minimum Gasteiger partial charge on any atom is -0.345 e. The summed E-state index contributed by atoms with van der Waals surface area (Å²) in [6.45, 7) is 4.03. The summed E-state index contributed by atoms with van der Waals surface area (Å²) in [5.74, 6) is 0.441. The Labute approximate surface area is 184 Å². The number of amides is 2. The molecule has 1 heterocycles. The third-order valence-corrected chi connectivity index (χ3v) is 5.94. The molecule has 2 amide bonds. The Kier molecular flexibility index (Phi) is 7.12. The molecule has 0 saturated carbocycles. The Bertz CT molecular complexity index is 1080. The fourth-order valence-electron chi connectivity index (χ4n) is 2.70. The van der Waals surface area contributed by atoms with Gasteiger partial charge in [-0.3, -0.25) is 9.59 Å². The first-order chi connectivity index (χ1) is 14.3. The number of benzene rings is 2. The number of aryl methyl sites for hydroxylation is 2. The van der Waals surface area contributed by atoms with Crippen molar-refractivity contribution < 1.29 is 9.59 Å². The van der Waals surface area contributed by atoms with Gasteiger partial charge in [0.1, 0.15) is 0 Å². The summed E-state index contributed by atoms with van der Waals surface area (Å²) < 4.78 is 1.76. The number of nitrogens with zero attached hydrogens (tertiary/aromatic N) is 3. The van der Waals surface area contributed by atoms with Gasteiger partial charge in [0.25, 0.3) is 5.91 Å². The van der Waals surface area contributed by atoms with E-state index in [4.69, 9.17) is 11.6 Å². The molecule has 3 rings (SSSR count). The molecule has 2 N–H and O–H groups in total. The maximum absolute atomic E-state index is 12.4. The zero-order chi connectivity index (χ0) is 21.7. The number of aromatic nitrogens is 3. The topological polar surface area (TPSA) is 88.9 Å². The first kappa shape index (κ1) is 21.9. The van der Waals surface area contributed by atoms with Gasteiger partial charge in [0, 0.05) is 23.3 Å². The molecular formula is C21H22ClN5O2S. The molecule has 1 aromatic heterocycles. The van der Waals surface area contributed by atoms with Crippen LogP contribution in [0.4, 0.5) is 5.69 Å². The highest BCUT2D eigenvalue weighted by Gasteiger charge is 2.14. The van der Waals surface area contributed by atoms with Crippen molar-refractivity contribution in [3.8, 4) is 0 Å². The largest absolute Gasteiger partial charge is 0.345 e. The van der Waals surface area contributed by atoms with E-state index in [0.29, 0.717) is 27.3 Å². The predicted molar refractivity (Wildman–Crippen MR) is 119 cm³/mol. The number of carbonyl (C=O) groups excluding carboxylic acids is 2. The van der Waals surface area contributed by atoms with Crippen molar-refractivity contribution in [1.82, 2.24) is 20.1 Å². The maximum atomic E-state index is 12.4. The molecule has 0 aliphatic rings. The summed E-state index contributed by atoms with van der Waals surface area (Å²) in [7, 11) is 1.80. The van der Waals surface area contributed by atoms with Crippen LogP contribution >= 0.6 is 23.4 Å². The third-order valence-electron chi connectivity index (χ3n) is 4.51. The van der Waals surface area contributed by atoms with E-state index in [1.165, 1.54) is 11.8 Å². The van der Waals surface area contributed by atoms with Crippen LogP contribution in [-0.4, -0.2) is 32.3 Å². The van der Waals surface area contributed by atoms with Crippen LogP contribution in [0.2, 0.25) is 5.02 Å². The Morgan fingerprint density at radius 2 is 1.87 bits per heavy atom. The van der Waals surface area contributed by atoms with Gasteiger partial charge in [-0.25, -0.2) is 0 Å². The molecule has 9 heteroatoms. The summed E-state index contributed by atoms with van der Waals surface area (Å²) in [5.41, 5.74) is 3.13. The molecule has 0 radical (unpaired) electrons. The van der Waals surface area contributed by atoms with Gasteiger partial charge < -0.3 is 15.2 Å². The molecule has 0 aliphatic heterocycles. The fourth-order valence-corrected chi connectivity index (χ4v) is 3.62. The molecular weight excluding hydrogens is 422 g/mol. The van der Waals surface area contributed by atoms with Crippen LogP contribution in [0.5, 0.6) is 0 Å². The lowest BCUT2D eigenvalue weighted by Gasteiger charge is -2.08. The van der Waals surface area contributed by atoms with Crippen LogP contribution in [0.15, 0.2) is 47.6 Å². The molecule has 0 atom stereocenters. The quantitative estimate of drug-likeness (QED) is 0.543. The van der Waals surface area contributed by atoms with Gasteiger partial charge in [-0.1, -0.05) is 47.6 Å². The minimum atomic E-state index is -0.169. The molecule has 0 fully saturated rings. The van der Waals surface area contributed by atoms with Gasteiger partial charge in [0.2, 0.25) is 5.91 Å². The van der Waals surface area contributed by atoms with E-state index in [1.54, 1.807) is 29.8 Å². The average Bonchev–Trinajstić information content (AvgIpc) is 3.07. The second-order valence-electron chi connectivity index (χ2n) is 6.76. The van der Waals surface area contributed by atoms with Crippen molar-refractivity contribution >= 4 is 40.9 Å². The van der Waals surface area contributed by atoms with E-state index in [-0.39, 0.29) is 24.1 Å². The summed E-state index contributed by atoms with van der Waals surface area (Å²) in [6, 6.07) is 12.8. The van der Waals surface area contributed by atoms with Crippen molar-refractivity contribution in [2.45, 2.75) is 25.5 Å². The lowest BCUT2D eigenvalue weighted by atomic mass is 10.1. The molecule has 30 heavy (non-hydrogen) atoms. The number of hydrogen-bond donors (Lipinski definition) is 2. The molecule has 0 unspecified atom stereocenters. The van der Waals surface area contributed by atoms with Crippen molar-refractivity contribution in [2.75, 3.05) is 11.1 Å². The first-order valence-corrected chi connectivity index (χ1v) is 10.6. The third kappa shape index (κ3) is 5.40. The van der Waals surface area contributed by atoms with E-state index in [2.05, 4.69) is 20.8 Å². The van der Waals surface area contributed by atoms with Gasteiger partial charge >= 0.3 is 0 Å². The van der Waals surface area contributed by atoms with Crippen LogP contribution < -0.4 is 10.6 Å². The molecule has 3 aromatic rings. The van der Waals surface area contributed by atoms with Crippen molar-refractivity contribution in [1.29, 1.82) is 0 Å². The van der Waals surface area contributed by atoms with Gasteiger partial charge in [0.15, 0.2) is 11.0 Å². The SMILES string of the molecule is Cc1ccc(NC(=O)CSc2nnc(CNC(=O)c3ccccc3C)n2C)cc1Cl. The van der Waals surface area contributed by atoms with Crippen molar-refractivity contribution in [3.63, 3.8) is 0 Å². The number of nitrogens with one attached hydrogen (secondary N) is 2. The molecule has 2 aromatic carbocycles. The monoisotopic (exact) mass is 443 g/mol. The standard InChI is InChI=1S/C21H22ClN5O2S/c1-13-6-4-5-7-16(13)20(29)23-11-18-25-26-21(27(18)3)30-12-19(28)24-15-9-8-14(2)17(22)10-15/h4-10H,11-12H2,1-3H3,(H,23,29)(H,24,28). The smallest absolute Gasteiger partial charge is 0.251 e. The Morgan fingerprint density at radius 3 is 2.60 bits per heavy atom. The molecule has 156 valence electrons. The highest BCUT2D eigenvalue weighted by molar-refractivity contribution is 7.99. The summed E-state index contributed by atoms with van der Waals surface area (Å²) >= 11 is 7.35. The number of halogens is 1. The van der Waals surface area contributed by atoms with Crippen LogP contribution in [0.25, 0.3) is 0 Å². The average molecular weight is 444 g/mol. The minimum absolute atomic E-state index is 0.165. The van der Waals surface area contributed by atoms with Crippen LogP contribution in [0, 0.1) is 13.8 Å². The van der Waals surface area contributed by atoms with Crippen LogP contribution in [0.1, 0.15) is 27.3 Å². The van der Waals surface area contributed by atoms with Crippen LogP contribution in [-0.2, 0) is 18.4 Å². The number of anilines is 1. The van der Waals surface area contributed by atoms with Crippen LogP contribution in [0.3, 0.4) is 0 Å². The molecule has 0 saturated heterocycles. The lowest BCUT2D eigenvalue weighted by molar-refractivity contribution is -0.113. The lowest BCUT2D eigenvalue weighted by Crippen LogP contribution is -2.25. The van der Waals surface area contributed by atoms with E-state index >= 15 is 0 Å². The van der Waals surface area contributed by atoms with E-state index < -0.39 is 0 Å². The summed E-state index contributed by atoms with van der Waals surface area (Å²) in [6.07, 6.45) is 0. The zero-order valence-corrected chi connectivity index (χ0v) is 18.5. The second kappa shape index (κ2) is 9.77. The fraction of sp³-hybridized carbons (Fsp3) is 0.238. The van der Waals surface area contributed by atoms with Gasteiger partial charge in [-0.15, -0.1) is 10.2 Å². The number of rotatable bonds is 7. The Morgan fingerprint density at radius 1 is 1.10 bits per heavy atom. The van der Waals surface area contributed by atoms with E-state index in [0.717, 1.165) is 11.1 Å². The normalized spacial score (nSPS) is 10.7. The molecule has 0 aliphatic carbocycles. The number of hydrogen-bond acceptors (Lipinski definition) is 5. The van der Waals surface area contributed by atoms with E-state index in [9.17, 15) is 9.59 Å². The van der Waals surface area contributed by atoms with Crippen molar-refractivity contribution in [2.24, 2.45) is 7.05 Å². The Balaban J connectivity index is 1.53.